The summed E-state index contributed by atoms with van der Waals surface area (Å²) in [6.07, 6.45) is 0.487. The number of hydrogen-bond acceptors (Lipinski definition) is 5. The number of carbonyl (C=O) groups excluding carboxylic acids is 3. The maximum atomic E-state index is 12.4. The second-order valence-electron chi connectivity index (χ2n) is 4.37. The number of benzene rings is 1. The van der Waals surface area contributed by atoms with E-state index < -0.39 is 11.8 Å². The number of amides is 2. The van der Waals surface area contributed by atoms with Gasteiger partial charge in [-0.25, -0.2) is 9.88 Å². The van der Waals surface area contributed by atoms with E-state index in [1.807, 2.05) is 0 Å². The van der Waals surface area contributed by atoms with Crippen LogP contribution >= 0.6 is 0 Å². The molecule has 2 heterocycles. The van der Waals surface area contributed by atoms with Gasteiger partial charge in [-0.3, -0.25) is 14.4 Å². The number of aromatic nitrogens is 1. The van der Waals surface area contributed by atoms with Crippen LogP contribution in [0.5, 0.6) is 5.88 Å². The third kappa shape index (κ3) is 1.88. The molecule has 6 nitrogen and oxygen atoms in total. The molecule has 2 aromatic rings. The van der Waals surface area contributed by atoms with E-state index in [4.69, 9.17) is 4.74 Å². The van der Waals surface area contributed by atoms with Crippen LogP contribution < -0.4 is 9.64 Å². The lowest BCUT2D eigenvalue weighted by molar-refractivity contribution is 0.0926. The van der Waals surface area contributed by atoms with Crippen LogP contribution in [-0.2, 0) is 0 Å². The first kappa shape index (κ1) is 13.0. The molecule has 0 N–H and O–H groups in total. The van der Waals surface area contributed by atoms with Crippen molar-refractivity contribution in [3.63, 3.8) is 0 Å². The van der Waals surface area contributed by atoms with Gasteiger partial charge in [0.1, 0.15) is 5.69 Å². The Bertz CT molecular complexity index is 735. The van der Waals surface area contributed by atoms with Gasteiger partial charge in [0.15, 0.2) is 6.29 Å². The van der Waals surface area contributed by atoms with Gasteiger partial charge >= 0.3 is 0 Å². The number of anilines is 1. The first-order valence-corrected chi connectivity index (χ1v) is 6.15. The summed E-state index contributed by atoms with van der Waals surface area (Å²) in [5.41, 5.74) is 0.756. The predicted octanol–water partition coefficient (Wildman–Crippen LogP) is 1.70. The lowest BCUT2D eigenvalue weighted by Crippen LogP contribution is -2.30. The third-order valence-electron chi connectivity index (χ3n) is 3.23. The van der Waals surface area contributed by atoms with Crippen molar-refractivity contribution in [2.75, 3.05) is 12.0 Å². The molecule has 6 heteroatoms. The van der Waals surface area contributed by atoms with Gasteiger partial charge in [0.25, 0.3) is 11.8 Å². The topological polar surface area (TPSA) is 76.6 Å². The highest BCUT2D eigenvalue weighted by atomic mass is 16.5. The number of fused-ring (bicyclic) bond motifs is 1. The Balaban J connectivity index is 2.13. The van der Waals surface area contributed by atoms with Gasteiger partial charge in [0.05, 0.1) is 23.9 Å². The highest BCUT2D eigenvalue weighted by Crippen LogP contribution is 2.30. The molecule has 2 amide bonds. The maximum Gasteiger partial charge on any atom is 0.266 e. The number of hydrogen-bond donors (Lipinski definition) is 0. The minimum Gasteiger partial charge on any atom is -0.481 e. The first-order valence-electron chi connectivity index (χ1n) is 6.15. The van der Waals surface area contributed by atoms with E-state index in [1.54, 1.807) is 24.3 Å². The van der Waals surface area contributed by atoms with Gasteiger partial charge in [-0.1, -0.05) is 12.1 Å². The van der Waals surface area contributed by atoms with Gasteiger partial charge in [0, 0.05) is 6.07 Å². The molecule has 1 aliphatic rings. The van der Waals surface area contributed by atoms with Crippen molar-refractivity contribution in [3.8, 4) is 5.88 Å². The van der Waals surface area contributed by atoms with Gasteiger partial charge in [-0.2, -0.15) is 0 Å². The van der Waals surface area contributed by atoms with Crippen molar-refractivity contribution in [1.82, 2.24) is 4.98 Å². The highest BCUT2D eigenvalue weighted by Gasteiger charge is 2.37. The molecule has 0 saturated heterocycles. The van der Waals surface area contributed by atoms with E-state index in [1.165, 1.54) is 19.2 Å². The maximum absolute atomic E-state index is 12.4. The average molecular weight is 282 g/mol. The van der Waals surface area contributed by atoms with Crippen molar-refractivity contribution < 1.29 is 19.1 Å². The monoisotopic (exact) mass is 282 g/mol. The number of methoxy groups -OCH3 is 1. The normalized spacial score (nSPS) is 13.3. The smallest absolute Gasteiger partial charge is 0.266 e. The van der Waals surface area contributed by atoms with Crippen molar-refractivity contribution in [2.24, 2.45) is 0 Å². The van der Waals surface area contributed by atoms with Crippen LogP contribution in [0.2, 0.25) is 0 Å². The number of rotatable bonds is 3. The molecule has 104 valence electrons. The average Bonchev–Trinajstić information content (AvgIpc) is 2.79. The first-order chi connectivity index (χ1) is 10.2. The number of aldehydes is 1. The van der Waals surface area contributed by atoms with Crippen molar-refractivity contribution in [1.29, 1.82) is 0 Å². The highest BCUT2D eigenvalue weighted by molar-refractivity contribution is 6.35. The molecular weight excluding hydrogens is 272 g/mol. The fourth-order valence-corrected chi connectivity index (χ4v) is 2.25. The predicted molar refractivity (Wildman–Crippen MR) is 73.8 cm³/mol. The lowest BCUT2D eigenvalue weighted by Gasteiger charge is -2.15. The van der Waals surface area contributed by atoms with Gasteiger partial charge in [-0.05, 0) is 18.2 Å². The van der Waals surface area contributed by atoms with Gasteiger partial charge < -0.3 is 4.74 Å². The molecule has 0 spiro atoms. The Morgan fingerprint density at radius 2 is 1.67 bits per heavy atom. The van der Waals surface area contributed by atoms with Crippen molar-refractivity contribution >= 4 is 23.8 Å². The zero-order chi connectivity index (χ0) is 15.0. The molecule has 0 bridgehead atoms. The van der Waals surface area contributed by atoms with Crippen LogP contribution in [0.3, 0.4) is 0 Å². The fourth-order valence-electron chi connectivity index (χ4n) is 2.25. The van der Waals surface area contributed by atoms with Crippen LogP contribution in [-0.4, -0.2) is 30.2 Å². The number of carbonyl (C=O) groups is 3. The summed E-state index contributed by atoms with van der Waals surface area (Å²) in [4.78, 5) is 40.8. The number of imide groups is 1. The van der Waals surface area contributed by atoms with Crippen LogP contribution in [0.15, 0.2) is 36.4 Å². The SMILES string of the molecule is COc1ccc(N2C(=O)c3ccccc3C2=O)c(C=O)n1. The summed E-state index contributed by atoms with van der Waals surface area (Å²) >= 11 is 0. The summed E-state index contributed by atoms with van der Waals surface area (Å²) in [7, 11) is 1.42. The van der Waals surface area contributed by atoms with E-state index in [0.29, 0.717) is 17.4 Å². The minimum atomic E-state index is -0.467. The van der Waals surface area contributed by atoms with E-state index in [9.17, 15) is 14.4 Å². The molecule has 0 radical (unpaired) electrons. The molecule has 0 fully saturated rings. The lowest BCUT2D eigenvalue weighted by atomic mass is 10.1. The van der Waals surface area contributed by atoms with Crippen LogP contribution in [0.1, 0.15) is 31.2 Å². The molecule has 21 heavy (non-hydrogen) atoms. The van der Waals surface area contributed by atoms with E-state index in [0.717, 1.165) is 4.90 Å². The minimum absolute atomic E-state index is 0.0242. The zero-order valence-corrected chi connectivity index (χ0v) is 11.1. The second kappa shape index (κ2) is 4.82. The Hall–Kier alpha value is -3.02. The Labute approximate surface area is 120 Å². The van der Waals surface area contributed by atoms with Crippen molar-refractivity contribution in [3.05, 3.63) is 53.2 Å². The summed E-state index contributed by atoms with van der Waals surface area (Å²) in [5, 5.41) is 0. The molecule has 0 saturated carbocycles. The molecule has 0 aliphatic carbocycles. The quantitative estimate of drug-likeness (QED) is 0.632. The molecule has 1 aromatic heterocycles. The summed E-state index contributed by atoms with van der Waals surface area (Å²) in [6, 6.07) is 9.48. The number of ether oxygens (including phenoxy) is 1. The van der Waals surface area contributed by atoms with Crippen LogP contribution in [0, 0.1) is 0 Å². The molecule has 0 unspecified atom stereocenters. The standard InChI is InChI=1S/C15H10N2O4/c1-21-13-7-6-12(11(8-18)16-13)17-14(19)9-4-2-3-5-10(9)15(17)20/h2-8H,1H3. The third-order valence-corrected chi connectivity index (χ3v) is 3.23. The molecule has 3 rings (SSSR count). The number of nitrogens with zero attached hydrogens (tertiary/aromatic N) is 2. The van der Waals surface area contributed by atoms with Crippen LogP contribution in [0.4, 0.5) is 5.69 Å². The Kier molecular flexibility index (Phi) is 2.98. The van der Waals surface area contributed by atoms with E-state index >= 15 is 0 Å². The van der Waals surface area contributed by atoms with Crippen molar-refractivity contribution in [2.45, 2.75) is 0 Å². The molecule has 0 atom stereocenters. The number of pyridine rings is 1. The summed E-state index contributed by atoms with van der Waals surface area (Å²) in [5.74, 6) is -0.700. The van der Waals surface area contributed by atoms with Gasteiger partial charge in [-0.15, -0.1) is 0 Å². The van der Waals surface area contributed by atoms with Crippen LogP contribution in [0.25, 0.3) is 0 Å². The second-order valence-corrected chi connectivity index (χ2v) is 4.37. The van der Waals surface area contributed by atoms with E-state index in [-0.39, 0.29) is 17.3 Å². The van der Waals surface area contributed by atoms with E-state index in [2.05, 4.69) is 4.98 Å². The zero-order valence-electron chi connectivity index (χ0n) is 11.1. The van der Waals surface area contributed by atoms with Gasteiger partial charge in [0.2, 0.25) is 5.88 Å². The molecule has 1 aromatic carbocycles. The molecular formula is C15H10N2O4. The Morgan fingerprint density at radius 3 is 2.19 bits per heavy atom. The molecule has 1 aliphatic heterocycles. The summed E-state index contributed by atoms with van der Waals surface area (Å²) in [6.45, 7) is 0. The summed E-state index contributed by atoms with van der Waals surface area (Å²) < 4.78 is 4.93. The fraction of sp³-hybridized carbons (Fsp3) is 0.0667. The largest absolute Gasteiger partial charge is 0.481 e. The Morgan fingerprint density at radius 1 is 1.05 bits per heavy atom.